The monoisotopic (exact) mass is 400 g/mol. The van der Waals surface area contributed by atoms with E-state index in [4.69, 9.17) is 0 Å². The lowest BCUT2D eigenvalue weighted by molar-refractivity contribution is -0.122. The molecule has 2 heterocycles. The quantitative estimate of drug-likeness (QED) is 0.675. The number of aryl methyl sites for hydroxylation is 1. The van der Waals surface area contributed by atoms with E-state index in [0.29, 0.717) is 12.3 Å². The highest BCUT2D eigenvalue weighted by molar-refractivity contribution is 5.78. The molecular weight excluding hydrogens is 372 g/mol. The molecule has 0 radical (unpaired) electrons. The SMILES string of the molecule is O=C(CC(c1ccccc1)c1ccccc1)NC1CCc2nnc(C3CC3)n2CC1. The van der Waals surface area contributed by atoms with Crippen molar-refractivity contribution in [2.75, 3.05) is 0 Å². The summed E-state index contributed by atoms with van der Waals surface area (Å²) in [4.78, 5) is 13.0. The summed E-state index contributed by atoms with van der Waals surface area (Å²) in [5.41, 5.74) is 2.36. The molecule has 1 aromatic heterocycles. The maximum absolute atomic E-state index is 13.0. The third-order valence-corrected chi connectivity index (χ3v) is 6.37. The zero-order chi connectivity index (χ0) is 20.3. The van der Waals surface area contributed by atoms with Gasteiger partial charge < -0.3 is 9.88 Å². The fourth-order valence-corrected chi connectivity index (χ4v) is 4.57. The molecule has 1 N–H and O–H groups in total. The van der Waals surface area contributed by atoms with Gasteiger partial charge in [-0.15, -0.1) is 10.2 Å². The van der Waals surface area contributed by atoms with Crippen molar-refractivity contribution in [1.82, 2.24) is 20.1 Å². The molecular formula is C25H28N4O. The number of amides is 1. The lowest BCUT2D eigenvalue weighted by Gasteiger charge is -2.21. The van der Waals surface area contributed by atoms with Gasteiger partial charge in [0, 0.05) is 37.3 Å². The molecule has 5 nitrogen and oxygen atoms in total. The second-order valence-electron chi connectivity index (χ2n) is 8.57. The van der Waals surface area contributed by atoms with E-state index in [1.54, 1.807) is 0 Å². The molecule has 154 valence electrons. The summed E-state index contributed by atoms with van der Waals surface area (Å²) in [6, 6.07) is 20.9. The molecule has 1 fully saturated rings. The van der Waals surface area contributed by atoms with Crippen molar-refractivity contribution >= 4 is 5.91 Å². The first-order chi connectivity index (χ1) is 14.8. The molecule has 1 amide bonds. The highest BCUT2D eigenvalue weighted by atomic mass is 16.1. The van der Waals surface area contributed by atoms with E-state index < -0.39 is 0 Å². The number of benzene rings is 2. The molecule has 1 aliphatic carbocycles. The Morgan fingerprint density at radius 1 is 0.933 bits per heavy atom. The predicted octanol–water partition coefficient (Wildman–Crippen LogP) is 4.20. The second-order valence-corrected chi connectivity index (χ2v) is 8.57. The van der Waals surface area contributed by atoms with Crippen LogP contribution in [-0.4, -0.2) is 26.7 Å². The first-order valence-corrected chi connectivity index (χ1v) is 11.1. The fourth-order valence-electron chi connectivity index (χ4n) is 4.57. The molecule has 1 aliphatic heterocycles. The Hall–Kier alpha value is -2.95. The van der Waals surface area contributed by atoms with E-state index in [9.17, 15) is 4.79 Å². The average molecular weight is 401 g/mol. The van der Waals surface area contributed by atoms with Crippen molar-refractivity contribution in [1.29, 1.82) is 0 Å². The fraction of sp³-hybridized carbons (Fsp3) is 0.400. The number of hydrogen-bond acceptors (Lipinski definition) is 3. The topological polar surface area (TPSA) is 59.8 Å². The van der Waals surface area contributed by atoms with Gasteiger partial charge >= 0.3 is 0 Å². The predicted molar refractivity (Wildman–Crippen MR) is 116 cm³/mol. The minimum atomic E-state index is 0.0688. The third-order valence-electron chi connectivity index (χ3n) is 6.37. The summed E-state index contributed by atoms with van der Waals surface area (Å²) in [6.45, 7) is 0.903. The van der Waals surface area contributed by atoms with Crippen LogP contribution in [0.25, 0.3) is 0 Å². The summed E-state index contributed by atoms with van der Waals surface area (Å²) in [6.07, 6.45) is 5.68. The minimum Gasteiger partial charge on any atom is -0.353 e. The standard InChI is InChI=1S/C25H28N4O/c30-24(17-22(18-7-3-1-4-8-18)19-9-5-2-6-10-19)26-21-13-14-23-27-28-25(20-11-12-20)29(23)16-15-21/h1-10,20-22H,11-17H2,(H,26,30). The molecule has 2 aromatic carbocycles. The molecule has 0 saturated heterocycles. The largest absolute Gasteiger partial charge is 0.353 e. The number of rotatable bonds is 6. The minimum absolute atomic E-state index is 0.0688. The molecule has 2 aliphatic rings. The first-order valence-electron chi connectivity index (χ1n) is 11.1. The molecule has 5 rings (SSSR count). The number of carbonyl (C=O) groups is 1. The van der Waals surface area contributed by atoms with E-state index in [1.807, 2.05) is 36.4 Å². The Balaban J connectivity index is 1.25. The van der Waals surface area contributed by atoms with Gasteiger partial charge in [-0.25, -0.2) is 0 Å². The molecule has 30 heavy (non-hydrogen) atoms. The maximum atomic E-state index is 13.0. The summed E-state index contributed by atoms with van der Waals surface area (Å²) >= 11 is 0. The summed E-state index contributed by atoms with van der Waals surface area (Å²) < 4.78 is 2.31. The lowest BCUT2D eigenvalue weighted by atomic mass is 9.88. The van der Waals surface area contributed by atoms with E-state index in [2.05, 4.69) is 44.3 Å². The first kappa shape index (κ1) is 19.0. The van der Waals surface area contributed by atoms with Gasteiger partial charge in [0.15, 0.2) is 0 Å². The Bertz CT molecular complexity index is 955. The van der Waals surface area contributed by atoms with Crippen molar-refractivity contribution in [3.63, 3.8) is 0 Å². The molecule has 0 spiro atoms. The summed E-state index contributed by atoms with van der Waals surface area (Å²) in [5.74, 6) is 3.04. The Morgan fingerprint density at radius 2 is 1.60 bits per heavy atom. The van der Waals surface area contributed by atoms with Gasteiger partial charge in [-0.3, -0.25) is 4.79 Å². The zero-order valence-electron chi connectivity index (χ0n) is 17.2. The number of fused-ring (bicyclic) bond motifs is 1. The third kappa shape index (κ3) is 4.16. The lowest BCUT2D eigenvalue weighted by Crippen LogP contribution is -2.36. The number of aromatic nitrogens is 3. The van der Waals surface area contributed by atoms with Crippen molar-refractivity contribution in [3.05, 3.63) is 83.4 Å². The van der Waals surface area contributed by atoms with Crippen LogP contribution in [0.4, 0.5) is 0 Å². The number of hydrogen-bond donors (Lipinski definition) is 1. The average Bonchev–Trinajstić information content (AvgIpc) is 3.58. The van der Waals surface area contributed by atoms with Gasteiger partial charge in [0.25, 0.3) is 0 Å². The van der Waals surface area contributed by atoms with E-state index >= 15 is 0 Å². The van der Waals surface area contributed by atoms with Crippen LogP contribution in [0.2, 0.25) is 0 Å². The van der Waals surface area contributed by atoms with Crippen LogP contribution in [0.3, 0.4) is 0 Å². The maximum Gasteiger partial charge on any atom is 0.221 e. The van der Waals surface area contributed by atoms with Crippen LogP contribution in [-0.2, 0) is 17.8 Å². The van der Waals surface area contributed by atoms with Gasteiger partial charge in [-0.05, 0) is 36.8 Å². The van der Waals surface area contributed by atoms with Crippen molar-refractivity contribution in [2.24, 2.45) is 0 Å². The van der Waals surface area contributed by atoms with Crippen molar-refractivity contribution in [3.8, 4) is 0 Å². The molecule has 5 heteroatoms. The smallest absolute Gasteiger partial charge is 0.221 e. The van der Waals surface area contributed by atoms with Gasteiger partial charge in [-0.1, -0.05) is 60.7 Å². The molecule has 1 saturated carbocycles. The molecule has 1 unspecified atom stereocenters. The zero-order valence-corrected chi connectivity index (χ0v) is 17.2. The Morgan fingerprint density at radius 3 is 2.23 bits per heavy atom. The van der Waals surface area contributed by atoms with Crippen LogP contribution in [0.5, 0.6) is 0 Å². The Labute approximate surface area is 177 Å². The van der Waals surface area contributed by atoms with E-state index in [0.717, 1.165) is 37.5 Å². The van der Waals surface area contributed by atoms with Gasteiger partial charge in [0.1, 0.15) is 11.6 Å². The molecule has 3 aromatic rings. The van der Waals surface area contributed by atoms with Crippen molar-refractivity contribution < 1.29 is 4.79 Å². The van der Waals surface area contributed by atoms with Crippen LogP contribution in [0.15, 0.2) is 60.7 Å². The number of nitrogens with zero attached hydrogens (tertiary/aromatic N) is 3. The van der Waals surface area contributed by atoms with Crippen LogP contribution >= 0.6 is 0 Å². The van der Waals surface area contributed by atoms with Crippen LogP contribution in [0.1, 0.15) is 66.7 Å². The van der Waals surface area contributed by atoms with Gasteiger partial charge in [-0.2, -0.15) is 0 Å². The van der Waals surface area contributed by atoms with Crippen LogP contribution < -0.4 is 5.32 Å². The van der Waals surface area contributed by atoms with E-state index in [-0.39, 0.29) is 17.9 Å². The van der Waals surface area contributed by atoms with Crippen molar-refractivity contribution in [2.45, 2.75) is 62.9 Å². The number of carbonyl (C=O) groups excluding carboxylic acids is 1. The Kier molecular flexibility index (Phi) is 5.35. The van der Waals surface area contributed by atoms with Gasteiger partial charge in [0.05, 0.1) is 0 Å². The second kappa shape index (κ2) is 8.42. The number of nitrogens with one attached hydrogen (secondary N) is 1. The highest BCUT2D eigenvalue weighted by Crippen LogP contribution is 2.39. The van der Waals surface area contributed by atoms with E-state index in [1.165, 1.54) is 24.0 Å². The molecule has 1 atom stereocenters. The van der Waals surface area contributed by atoms with Gasteiger partial charge in [0.2, 0.25) is 5.91 Å². The summed E-state index contributed by atoms with van der Waals surface area (Å²) in [5, 5.41) is 12.2. The summed E-state index contributed by atoms with van der Waals surface area (Å²) in [7, 11) is 0. The molecule has 0 bridgehead atoms. The van der Waals surface area contributed by atoms with Crippen LogP contribution in [0, 0.1) is 0 Å². The highest BCUT2D eigenvalue weighted by Gasteiger charge is 2.31. The normalized spacial score (nSPS) is 18.6.